The molecular weight excluding hydrogens is 527 g/mol. The van der Waals surface area contributed by atoms with Crippen molar-refractivity contribution in [2.24, 2.45) is 5.92 Å². The van der Waals surface area contributed by atoms with Crippen LogP contribution in [-0.2, 0) is 4.79 Å². The van der Waals surface area contributed by atoms with E-state index in [1.807, 2.05) is 24.3 Å². The molecule has 6 aromatic heterocycles. The Hall–Kier alpha value is -4.48. The van der Waals surface area contributed by atoms with Crippen molar-refractivity contribution in [3.05, 3.63) is 66.3 Å². The first-order valence-electron chi connectivity index (χ1n) is 13.1. The number of carbonyl (C=O) groups is 1. The molecule has 9 nitrogen and oxygen atoms in total. The van der Waals surface area contributed by atoms with Crippen LogP contribution in [0.1, 0.15) is 19.3 Å². The lowest BCUT2D eigenvalue weighted by Gasteiger charge is -2.21. The van der Waals surface area contributed by atoms with Gasteiger partial charge in [0, 0.05) is 40.7 Å². The third kappa shape index (κ3) is 4.74. The number of hydrogen-bond acceptors (Lipinski definition) is 7. The average Bonchev–Trinajstić information content (AvgIpc) is 3.71. The Kier molecular flexibility index (Phi) is 6.29. The molecule has 1 amide bonds. The van der Waals surface area contributed by atoms with Gasteiger partial charge in [0.1, 0.15) is 5.69 Å². The van der Waals surface area contributed by atoms with Crippen molar-refractivity contribution in [2.75, 3.05) is 18.4 Å². The summed E-state index contributed by atoms with van der Waals surface area (Å²) in [7, 11) is 0. The van der Waals surface area contributed by atoms with E-state index in [4.69, 9.17) is 0 Å². The average molecular weight is 553 g/mol. The van der Waals surface area contributed by atoms with E-state index in [9.17, 15) is 9.18 Å². The monoisotopic (exact) mass is 552 g/mol. The largest absolute Gasteiger partial charge is 0.353 e. The van der Waals surface area contributed by atoms with Crippen molar-refractivity contribution < 1.29 is 9.18 Å². The van der Waals surface area contributed by atoms with Gasteiger partial charge in [-0.2, -0.15) is 9.49 Å². The maximum Gasteiger partial charge on any atom is 0.224 e. The van der Waals surface area contributed by atoms with Gasteiger partial charge in [0.25, 0.3) is 0 Å². The van der Waals surface area contributed by atoms with E-state index in [0.29, 0.717) is 23.7 Å². The molecule has 200 valence electrons. The summed E-state index contributed by atoms with van der Waals surface area (Å²) in [4.78, 5) is 30.3. The molecule has 0 atom stereocenters. The van der Waals surface area contributed by atoms with E-state index in [0.717, 1.165) is 86.6 Å². The van der Waals surface area contributed by atoms with E-state index in [1.54, 1.807) is 30.9 Å². The van der Waals surface area contributed by atoms with Crippen LogP contribution in [0.3, 0.4) is 0 Å². The Balaban J connectivity index is 1.19. The Morgan fingerprint density at radius 1 is 1.00 bits per heavy atom. The molecule has 11 heteroatoms. The van der Waals surface area contributed by atoms with E-state index >= 15 is 0 Å². The lowest BCUT2D eigenvalue weighted by molar-refractivity contribution is -0.117. The lowest BCUT2D eigenvalue weighted by Crippen LogP contribution is -2.30. The summed E-state index contributed by atoms with van der Waals surface area (Å²) >= 11 is 1.07. The Bertz CT molecular complexity index is 1850. The lowest BCUT2D eigenvalue weighted by atomic mass is 9.94. The summed E-state index contributed by atoms with van der Waals surface area (Å²) in [6.45, 7) is 1.93. The molecular formula is C29H25FN8OS. The van der Waals surface area contributed by atoms with Crippen LogP contribution in [0.4, 0.5) is 10.1 Å². The number of piperidine rings is 1. The number of halogens is 1. The molecule has 1 aliphatic rings. The number of rotatable bonds is 6. The van der Waals surface area contributed by atoms with Gasteiger partial charge in [0.15, 0.2) is 5.13 Å². The molecule has 6 aromatic rings. The van der Waals surface area contributed by atoms with Gasteiger partial charge in [-0.05, 0) is 68.2 Å². The minimum atomic E-state index is -0.247. The second kappa shape index (κ2) is 10.2. The normalized spacial score (nSPS) is 14.2. The van der Waals surface area contributed by atoms with Gasteiger partial charge in [-0.3, -0.25) is 24.8 Å². The Morgan fingerprint density at radius 2 is 1.88 bits per heavy atom. The van der Waals surface area contributed by atoms with E-state index < -0.39 is 0 Å². The van der Waals surface area contributed by atoms with Gasteiger partial charge in [0.2, 0.25) is 5.91 Å². The number of aromatic nitrogens is 6. The summed E-state index contributed by atoms with van der Waals surface area (Å²) < 4.78 is 13.7. The number of anilines is 1. The zero-order valence-corrected chi connectivity index (χ0v) is 22.2. The van der Waals surface area contributed by atoms with Crippen molar-refractivity contribution in [1.29, 1.82) is 0 Å². The fraction of sp³-hybridized carbons (Fsp3) is 0.207. The maximum absolute atomic E-state index is 13.7. The number of fused-ring (bicyclic) bond motifs is 2. The molecule has 1 fully saturated rings. The molecule has 7 rings (SSSR count). The van der Waals surface area contributed by atoms with Crippen molar-refractivity contribution in [2.45, 2.75) is 19.3 Å². The molecule has 7 heterocycles. The maximum atomic E-state index is 13.7. The number of amides is 1. The van der Waals surface area contributed by atoms with Gasteiger partial charge >= 0.3 is 0 Å². The molecule has 0 aliphatic carbocycles. The number of nitrogens with zero attached hydrogens (tertiary/aromatic N) is 4. The number of aromatic amines is 2. The fourth-order valence-corrected chi connectivity index (χ4v) is 6.05. The summed E-state index contributed by atoms with van der Waals surface area (Å²) in [5.41, 5.74) is 6.08. The highest BCUT2D eigenvalue weighted by Gasteiger charge is 2.18. The second-order valence-corrected chi connectivity index (χ2v) is 11.0. The molecule has 0 aromatic carbocycles. The second-order valence-electron chi connectivity index (χ2n) is 10.0. The number of carbonyl (C=O) groups excluding carboxylic acids is 1. The first-order valence-corrected chi connectivity index (χ1v) is 14.0. The van der Waals surface area contributed by atoms with E-state index in [1.165, 1.54) is 6.07 Å². The predicted octanol–water partition coefficient (Wildman–Crippen LogP) is 5.76. The quantitative estimate of drug-likeness (QED) is 0.208. The van der Waals surface area contributed by atoms with Crippen LogP contribution in [0.2, 0.25) is 0 Å². The molecule has 0 saturated carbocycles. The van der Waals surface area contributed by atoms with Crippen molar-refractivity contribution in [3.8, 4) is 33.2 Å². The third-order valence-corrected chi connectivity index (χ3v) is 8.19. The highest BCUT2D eigenvalue weighted by Crippen LogP contribution is 2.36. The fourth-order valence-electron chi connectivity index (χ4n) is 5.31. The molecule has 0 unspecified atom stereocenters. The summed E-state index contributed by atoms with van der Waals surface area (Å²) in [6, 6.07) is 10.9. The number of pyridine rings is 3. The standard InChI is InChI=1S/C29H25FN8OS/c30-26-2-1-25(40-26)29-19-12-23(36-21(19)5-8-33-29)28-20-11-22(34-15-24(20)37-38-28)17-10-18(14-32-13-17)35-27(39)9-16-3-6-31-7-4-16/h1-2,5,8,10-16,31,36H,3-4,6-7,9H2,(H,35,39)(H,37,38). The van der Waals surface area contributed by atoms with Crippen LogP contribution >= 0.6 is 11.3 Å². The van der Waals surface area contributed by atoms with Crippen LogP contribution in [-0.4, -0.2) is 49.1 Å². The molecule has 1 aliphatic heterocycles. The van der Waals surface area contributed by atoms with Gasteiger partial charge in [-0.15, -0.1) is 11.3 Å². The number of hydrogen-bond donors (Lipinski definition) is 4. The van der Waals surface area contributed by atoms with Gasteiger partial charge < -0.3 is 15.6 Å². The minimum absolute atomic E-state index is 0.00402. The van der Waals surface area contributed by atoms with E-state index in [-0.39, 0.29) is 11.0 Å². The minimum Gasteiger partial charge on any atom is -0.353 e. The predicted molar refractivity (Wildman–Crippen MR) is 154 cm³/mol. The van der Waals surface area contributed by atoms with Crippen molar-refractivity contribution in [3.63, 3.8) is 0 Å². The highest BCUT2D eigenvalue weighted by molar-refractivity contribution is 7.13. The van der Waals surface area contributed by atoms with Crippen LogP contribution < -0.4 is 10.6 Å². The van der Waals surface area contributed by atoms with Gasteiger partial charge in [-0.25, -0.2) is 0 Å². The summed E-state index contributed by atoms with van der Waals surface area (Å²) in [5, 5.41) is 15.5. The SMILES string of the molecule is O=C(CC1CCNCC1)Nc1cncc(-c2cc3c(-c4cc5c(-c6ccc(F)s6)nccc5[nH]4)n[nH]c3cn2)c1. The number of nitrogens with one attached hydrogen (secondary N) is 4. The first-order chi connectivity index (χ1) is 19.6. The van der Waals surface area contributed by atoms with Crippen LogP contribution in [0, 0.1) is 11.0 Å². The van der Waals surface area contributed by atoms with Crippen LogP contribution in [0.25, 0.3) is 55.0 Å². The number of H-pyrrole nitrogens is 2. The third-order valence-electron chi connectivity index (χ3n) is 7.31. The van der Waals surface area contributed by atoms with E-state index in [2.05, 4.69) is 40.8 Å². The summed E-state index contributed by atoms with van der Waals surface area (Å²) in [5.74, 6) is 0.410. The van der Waals surface area contributed by atoms with Crippen molar-refractivity contribution in [1.82, 2.24) is 35.5 Å². The first kappa shape index (κ1) is 24.6. The van der Waals surface area contributed by atoms with Gasteiger partial charge in [0.05, 0.1) is 45.6 Å². The smallest absolute Gasteiger partial charge is 0.224 e. The summed E-state index contributed by atoms with van der Waals surface area (Å²) in [6.07, 6.45) is 9.39. The molecule has 0 spiro atoms. The molecule has 4 N–H and O–H groups in total. The van der Waals surface area contributed by atoms with Gasteiger partial charge in [-0.1, -0.05) is 0 Å². The highest BCUT2D eigenvalue weighted by atomic mass is 32.1. The zero-order valence-electron chi connectivity index (χ0n) is 21.4. The molecule has 40 heavy (non-hydrogen) atoms. The Morgan fingerprint density at radius 3 is 2.73 bits per heavy atom. The van der Waals surface area contributed by atoms with Crippen molar-refractivity contribution >= 4 is 44.7 Å². The molecule has 1 saturated heterocycles. The zero-order chi connectivity index (χ0) is 27.1. The number of thiophene rings is 1. The topological polar surface area (TPSA) is 124 Å². The molecule has 0 radical (unpaired) electrons. The van der Waals surface area contributed by atoms with Crippen LogP contribution in [0.15, 0.2) is 61.2 Å². The molecule has 0 bridgehead atoms. The van der Waals surface area contributed by atoms with Crippen LogP contribution in [0.5, 0.6) is 0 Å². The Labute approximate surface area is 232 Å².